The van der Waals surface area contributed by atoms with Gasteiger partial charge in [0.15, 0.2) is 0 Å². The van der Waals surface area contributed by atoms with Crippen LogP contribution >= 0.6 is 0 Å². The molecule has 0 unspecified atom stereocenters. The van der Waals surface area contributed by atoms with E-state index in [1.165, 1.54) is 139 Å². The maximum absolute atomic E-state index is 2.54. The van der Waals surface area contributed by atoms with Gasteiger partial charge in [-0.05, 0) is 190 Å². The molecule has 2 aliphatic heterocycles. The monoisotopic (exact) mass is 932 g/mol. The highest BCUT2D eigenvalue weighted by atomic mass is 15.2. The zero-order valence-corrected chi connectivity index (χ0v) is 41.2. The molecule has 73 heavy (non-hydrogen) atoms. The molecule has 0 saturated heterocycles. The Hall–Kier alpha value is -8.72. The number of benzene rings is 11. The molecule has 0 aromatic heterocycles. The van der Waals surface area contributed by atoms with Gasteiger partial charge in [-0.2, -0.15) is 0 Å². The standard InChI is InChI=1S/C71H52N2/c1-71(2)63-22-10-9-21-57(63)60-42-49(33-38-64(60)71)46-27-30-47(31-28-46)69-58-36-34-56(73-67-25-13-7-19-52(67)41-53-20-8-14-26-68(53)73)44-62(58)70(54-32-29-45-15-3-4-16-48(45)39-54)59-37-35-55(43-61(59)69)72-65-23-11-5-17-50(65)40-51-18-6-12-24-66(51)72/h3-5,7-17,19-39,42-44H,6,18,40-41H2,1-2H3. The summed E-state index contributed by atoms with van der Waals surface area (Å²) >= 11 is 0. The van der Waals surface area contributed by atoms with Gasteiger partial charge in [0.25, 0.3) is 0 Å². The van der Waals surface area contributed by atoms with Gasteiger partial charge in [0.05, 0.1) is 0 Å². The molecule has 0 fully saturated rings. The SMILES string of the molecule is CC1(C)c2ccccc2-c2cc(-c3ccc(-c4c5ccc(N6c7ccccc7Cc7ccccc76)cc5c(-c5ccc6ccccc6c5)c5ccc(N6C7=C(CCC=C7)Cc7ccccc76)cc45)cc3)ccc21. The topological polar surface area (TPSA) is 6.48 Å². The fourth-order valence-corrected chi connectivity index (χ4v) is 13.2. The normalized spacial score (nSPS) is 15.0. The second kappa shape index (κ2) is 16.2. The van der Waals surface area contributed by atoms with Crippen molar-refractivity contribution in [2.24, 2.45) is 0 Å². The van der Waals surface area contributed by atoms with Gasteiger partial charge in [-0.25, -0.2) is 0 Å². The van der Waals surface area contributed by atoms with Crippen LogP contribution in [0.25, 0.3) is 76.8 Å². The van der Waals surface area contributed by atoms with Gasteiger partial charge in [-0.3, -0.25) is 0 Å². The number of anilines is 5. The van der Waals surface area contributed by atoms with E-state index in [2.05, 4.69) is 254 Å². The lowest BCUT2D eigenvalue weighted by molar-refractivity contribution is 0.660. The van der Waals surface area contributed by atoms with Crippen LogP contribution < -0.4 is 9.80 Å². The van der Waals surface area contributed by atoms with Crippen LogP contribution in [-0.2, 0) is 18.3 Å². The maximum Gasteiger partial charge on any atom is 0.0497 e. The van der Waals surface area contributed by atoms with Crippen molar-refractivity contribution >= 4 is 60.8 Å². The van der Waals surface area contributed by atoms with Crippen molar-refractivity contribution in [1.29, 1.82) is 0 Å². The number of rotatable bonds is 5. The zero-order chi connectivity index (χ0) is 48.4. The summed E-state index contributed by atoms with van der Waals surface area (Å²) in [5.74, 6) is 0. The molecule has 0 saturated carbocycles. The maximum atomic E-state index is 2.54. The lowest BCUT2D eigenvalue weighted by Crippen LogP contribution is -2.24. The van der Waals surface area contributed by atoms with Gasteiger partial charge in [0.2, 0.25) is 0 Å². The Morgan fingerprint density at radius 2 is 0.932 bits per heavy atom. The van der Waals surface area contributed by atoms with Crippen LogP contribution in [0.15, 0.2) is 242 Å². The van der Waals surface area contributed by atoms with Crippen molar-refractivity contribution in [2.45, 2.75) is 44.9 Å². The first kappa shape index (κ1) is 42.0. The number of allylic oxidation sites excluding steroid dienone is 3. The Bertz CT molecular complexity index is 4140. The van der Waals surface area contributed by atoms with E-state index in [-0.39, 0.29) is 5.41 Å². The minimum Gasteiger partial charge on any atom is -0.310 e. The van der Waals surface area contributed by atoms with E-state index in [9.17, 15) is 0 Å². The number of hydrogen-bond donors (Lipinski definition) is 0. The van der Waals surface area contributed by atoms with Crippen molar-refractivity contribution < 1.29 is 0 Å². The lowest BCUT2D eigenvalue weighted by Gasteiger charge is -2.36. The number of fused-ring (bicyclic) bond motifs is 9. The molecule has 4 aliphatic rings. The van der Waals surface area contributed by atoms with Crippen LogP contribution in [0.4, 0.5) is 28.4 Å². The summed E-state index contributed by atoms with van der Waals surface area (Å²) in [7, 11) is 0. The van der Waals surface area contributed by atoms with Gasteiger partial charge in [-0.1, -0.05) is 184 Å². The minimum atomic E-state index is -0.0312. The lowest BCUT2D eigenvalue weighted by atomic mass is 9.82. The summed E-state index contributed by atoms with van der Waals surface area (Å²) in [4.78, 5) is 5.03. The Morgan fingerprint density at radius 3 is 1.66 bits per heavy atom. The molecular formula is C71H52N2. The Balaban J connectivity index is 0.994. The van der Waals surface area contributed by atoms with Crippen LogP contribution in [-0.4, -0.2) is 0 Å². The van der Waals surface area contributed by atoms with E-state index in [0.29, 0.717) is 0 Å². The van der Waals surface area contributed by atoms with Crippen molar-refractivity contribution in [3.05, 3.63) is 270 Å². The van der Waals surface area contributed by atoms with E-state index >= 15 is 0 Å². The number of para-hydroxylation sites is 3. The van der Waals surface area contributed by atoms with Gasteiger partial charge in [-0.15, -0.1) is 0 Å². The molecule has 11 aromatic carbocycles. The molecule has 0 bridgehead atoms. The zero-order valence-electron chi connectivity index (χ0n) is 41.2. The van der Waals surface area contributed by atoms with Gasteiger partial charge < -0.3 is 9.80 Å². The fraction of sp³-hybridized carbons (Fsp3) is 0.0986. The summed E-state index contributed by atoms with van der Waals surface area (Å²) in [6.07, 6.45) is 8.81. The highest BCUT2D eigenvalue weighted by Crippen LogP contribution is 2.53. The predicted molar refractivity (Wildman–Crippen MR) is 308 cm³/mol. The van der Waals surface area contributed by atoms with Crippen molar-refractivity contribution in [1.82, 2.24) is 0 Å². The molecular weight excluding hydrogens is 881 g/mol. The smallest absolute Gasteiger partial charge is 0.0497 e. The second-order valence-corrected chi connectivity index (χ2v) is 21.1. The molecule has 0 amide bonds. The quantitative estimate of drug-likeness (QED) is 0.159. The summed E-state index contributed by atoms with van der Waals surface area (Å²) in [6, 6.07) is 82.8. The molecule has 2 aliphatic carbocycles. The Labute approximate surface area is 427 Å². The largest absolute Gasteiger partial charge is 0.310 e. The third-order valence-electron chi connectivity index (χ3n) is 16.7. The van der Waals surface area contributed by atoms with Crippen LogP contribution in [0.5, 0.6) is 0 Å². The molecule has 0 spiro atoms. The van der Waals surface area contributed by atoms with E-state index in [4.69, 9.17) is 0 Å². The van der Waals surface area contributed by atoms with Crippen molar-refractivity contribution in [3.63, 3.8) is 0 Å². The van der Waals surface area contributed by atoms with Crippen LogP contribution in [0, 0.1) is 0 Å². The highest BCUT2D eigenvalue weighted by Gasteiger charge is 2.35. The van der Waals surface area contributed by atoms with Crippen LogP contribution in [0.3, 0.4) is 0 Å². The molecule has 0 atom stereocenters. The van der Waals surface area contributed by atoms with Gasteiger partial charge in [0.1, 0.15) is 0 Å². The number of nitrogens with zero attached hydrogens (tertiary/aromatic N) is 2. The average Bonchev–Trinajstić information content (AvgIpc) is 3.69. The van der Waals surface area contributed by atoms with Crippen molar-refractivity contribution in [2.75, 3.05) is 9.80 Å². The highest BCUT2D eigenvalue weighted by molar-refractivity contribution is 6.23. The molecule has 2 heteroatoms. The van der Waals surface area contributed by atoms with E-state index in [0.717, 1.165) is 31.4 Å². The molecule has 2 nitrogen and oxygen atoms in total. The molecule has 15 rings (SSSR count). The summed E-state index contributed by atoms with van der Waals surface area (Å²) < 4.78 is 0. The first-order valence-electron chi connectivity index (χ1n) is 26.0. The fourth-order valence-electron chi connectivity index (χ4n) is 13.2. The van der Waals surface area contributed by atoms with Gasteiger partial charge in [0, 0.05) is 46.0 Å². The molecule has 0 radical (unpaired) electrons. The summed E-state index contributed by atoms with van der Waals surface area (Å²) in [5, 5.41) is 7.42. The third-order valence-corrected chi connectivity index (χ3v) is 16.7. The van der Waals surface area contributed by atoms with E-state index < -0.39 is 0 Å². The number of hydrogen-bond acceptors (Lipinski definition) is 2. The first-order chi connectivity index (χ1) is 35.9. The Morgan fingerprint density at radius 1 is 0.384 bits per heavy atom. The molecule has 346 valence electrons. The summed E-state index contributed by atoms with van der Waals surface area (Å²) in [6.45, 7) is 4.72. The van der Waals surface area contributed by atoms with Crippen molar-refractivity contribution in [3.8, 4) is 44.5 Å². The average molecular weight is 933 g/mol. The third kappa shape index (κ3) is 6.49. The summed E-state index contributed by atoms with van der Waals surface area (Å²) in [5.41, 5.74) is 25.8. The Kier molecular flexibility index (Phi) is 9.29. The second-order valence-electron chi connectivity index (χ2n) is 21.1. The van der Waals surface area contributed by atoms with E-state index in [1.807, 2.05) is 0 Å². The van der Waals surface area contributed by atoms with Gasteiger partial charge >= 0.3 is 0 Å². The van der Waals surface area contributed by atoms with Crippen LogP contribution in [0.1, 0.15) is 54.5 Å². The first-order valence-corrected chi connectivity index (χ1v) is 26.0. The van der Waals surface area contributed by atoms with Crippen LogP contribution in [0.2, 0.25) is 0 Å². The van der Waals surface area contributed by atoms with E-state index in [1.54, 1.807) is 0 Å². The molecule has 2 heterocycles. The molecule has 0 N–H and O–H groups in total. The molecule has 11 aromatic rings. The predicted octanol–water partition coefficient (Wildman–Crippen LogP) is 19.1. The minimum absolute atomic E-state index is 0.0312.